The first-order valence-electron chi connectivity index (χ1n) is 0.228. The molecule has 0 heterocycles. The van der Waals surface area contributed by atoms with Crippen molar-refractivity contribution in [2.75, 3.05) is 0 Å². The number of halogens is 2. The smallest absolute Gasteiger partial charge is 0 e. The number of rotatable bonds is 0. The van der Waals surface area contributed by atoms with Gasteiger partial charge in [0.2, 0.25) is 0 Å². The van der Waals surface area contributed by atoms with E-state index in [4.69, 9.17) is 0 Å². The van der Waals surface area contributed by atoms with Crippen molar-refractivity contribution < 1.29 is 13.1 Å². The van der Waals surface area contributed by atoms with Gasteiger partial charge in [-0.3, -0.25) is 0 Å². The summed E-state index contributed by atoms with van der Waals surface area (Å²) in [5.41, 5.74) is 0. The summed E-state index contributed by atoms with van der Waals surface area (Å²) < 4.78 is 0. The van der Waals surface area contributed by atoms with Gasteiger partial charge in [0.25, 0.3) is 0 Å². The topological polar surface area (TPSA) is 0 Å². The summed E-state index contributed by atoms with van der Waals surface area (Å²) in [6.45, 7) is 0. The quantitative estimate of drug-likeness (QED) is 0.534. The van der Waals surface area contributed by atoms with Gasteiger partial charge in [-0.05, 0) is 0 Å². The van der Waals surface area contributed by atoms with Crippen LogP contribution >= 0.6 is 20.2 Å². The maximum absolute atomic E-state index is 4.67. The minimum Gasteiger partial charge on any atom is 0 e. The Morgan fingerprint density at radius 3 is 1.25 bits per heavy atom. The molecule has 0 aromatic heterocycles. The fourth-order valence-electron chi connectivity index (χ4n) is 0. The second-order valence-electron chi connectivity index (χ2n) is 0.0431. The zero-order valence-corrected chi connectivity index (χ0v) is 9.43. The molecule has 4 heavy (non-hydrogen) atoms. The molecule has 0 nitrogen and oxygen atoms in total. The van der Waals surface area contributed by atoms with Crippen molar-refractivity contribution in [3.05, 3.63) is 0 Å². The Hall–Kier alpha value is 2.90. The second kappa shape index (κ2) is 9.32. The van der Waals surface area contributed by atoms with Crippen molar-refractivity contribution in [2.45, 2.75) is 0 Å². The van der Waals surface area contributed by atoms with E-state index in [2.05, 4.69) is 20.2 Å². The number of hydrogen-bond acceptors (Lipinski definition) is 0. The van der Waals surface area contributed by atoms with Crippen molar-refractivity contribution in [3.8, 4) is 0 Å². The van der Waals surface area contributed by atoms with Crippen LogP contribution in [0.15, 0.2) is 0 Å². The summed E-state index contributed by atoms with van der Waals surface area (Å²) in [7, 11) is 9.34. The van der Waals surface area contributed by atoms with Crippen molar-refractivity contribution in [2.24, 2.45) is 0 Å². The molecular formula is Cl2CuRb. The Bertz CT molecular complexity index is 6.00. The molecule has 0 aliphatic rings. The zero-order chi connectivity index (χ0) is 2.71. The van der Waals surface area contributed by atoms with Gasteiger partial charge in [0.05, 0.1) is 0 Å². The van der Waals surface area contributed by atoms with Crippen LogP contribution in [0.2, 0.25) is 0 Å². The molecule has 0 saturated heterocycles. The molecule has 0 aromatic rings. The molecule has 0 fully saturated rings. The van der Waals surface area contributed by atoms with E-state index in [1.165, 1.54) is 0 Å². The third kappa shape index (κ3) is 8.86. The van der Waals surface area contributed by atoms with Gasteiger partial charge in [-0.2, -0.15) is 0 Å². The molecule has 26 valence electrons. The van der Waals surface area contributed by atoms with E-state index >= 15 is 0 Å². The third-order valence-corrected chi connectivity index (χ3v) is 0. The predicted octanol–water partition coefficient (Wildman–Crippen LogP) is 0.996. The molecule has 0 aliphatic heterocycles. The van der Waals surface area contributed by atoms with Crippen LogP contribution < -0.4 is 0 Å². The van der Waals surface area contributed by atoms with Gasteiger partial charge in [-0.15, -0.1) is 0 Å². The van der Waals surface area contributed by atoms with E-state index in [9.17, 15) is 0 Å². The van der Waals surface area contributed by atoms with Gasteiger partial charge >= 0.3 is 33.3 Å². The SMILES string of the molecule is [Cl][Cu][Cl].[Rb]. The minimum absolute atomic E-state index is 0. The Labute approximate surface area is 89.0 Å². The zero-order valence-electron chi connectivity index (χ0n) is 2.06. The molecule has 4 heteroatoms. The molecule has 0 unspecified atom stereocenters. The predicted molar refractivity (Wildman–Crippen MR) is 17.5 cm³/mol. The van der Waals surface area contributed by atoms with Crippen molar-refractivity contribution >= 4 is 78.4 Å². The van der Waals surface area contributed by atoms with Gasteiger partial charge in [-0.1, -0.05) is 0 Å². The first kappa shape index (κ1) is 10.0. The molecule has 0 amide bonds. The van der Waals surface area contributed by atoms with E-state index in [1.807, 2.05) is 0 Å². The molecule has 1 radical (unpaired) electrons. The average molecular weight is 220 g/mol. The summed E-state index contributed by atoms with van der Waals surface area (Å²) in [5, 5.41) is 0. The van der Waals surface area contributed by atoms with Crippen molar-refractivity contribution in [3.63, 3.8) is 0 Å². The Kier molecular flexibility index (Phi) is 23.3. The van der Waals surface area contributed by atoms with Crippen molar-refractivity contribution in [1.29, 1.82) is 0 Å². The van der Waals surface area contributed by atoms with Crippen LogP contribution in [0.3, 0.4) is 0 Å². The maximum Gasteiger partial charge on any atom is 0 e. The third-order valence-electron chi connectivity index (χ3n) is 0. The molecule has 0 N–H and O–H groups in total. The normalized spacial score (nSPS) is 5.50. The Balaban J connectivity index is 0. The summed E-state index contributed by atoms with van der Waals surface area (Å²) in [4.78, 5) is 0. The monoisotopic (exact) mass is 218 g/mol. The summed E-state index contributed by atoms with van der Waals surface area (Å²) in [6, 6.07) is 0. The first-order chi connectivity index (χ1) is 1.41. The van der Waals surface area contributed by atoms with Gasteiger partial charge in [0, 0.05) is 58.2 Å². The molecule has 0 aromatic carbocycles. The van der Waals surface area contributed by atoms with E-state index in [0.29, 0.717) is 0 Å². The van der Waals surface area contributed by atoms with Crippen LogP contribution in [0.25, 0.3) is 0 Å². The molecule has 0 bridgehead atoms. The minimum atomic E-state index is 0. The van der Waals surface area contributed by atoms with Gasteiger partial charge in [0.1, 0.15) is 0 Å². The Morgan fingerprint density at radius 1 is 1.25 bits per heavy atom. The standard InChI is InChI=1S/2ClH.Cu.Rb/h2*1H;;/q;;+2;/p-2. The largest absolute Gasteiger partial charge is 0 e. The van der Waals surface area contributed by atoms with Crippen LogP contribution in [0.1, 0.15) is 0 Å². The van der Waals surface area contributed by atoms with Gasteiger partial charge in [0.15, 0.2) is 0 Å². The molecular weight excluding hydrogens is 220 g/mol. The van der Waals surface area contributed by atoms with Crippen LogP contribution in [-0.2, 0) is 13.1 Å². The molecule has 0 saturated carbocycles. The summed E-state index contributed by atoms with van der Waals surface area (Å²) in [6.07, 6.45) is 0. The van der Waals surface area contributed by atoms with E-state index in [-0.39, 0.29) is 58.2 Å². The number of hydrogen-bond donors (Lipinski definition) is 0. The van der Waals surface area contributed by atoms with Crippen LogP contribution in [-0.4, -0.2) is 58.2 Å². The van der Waals surface area contributed by atoms with Gasteiger partial charge in [-0.25, -0.2) is 0 Å². The van der Waals surface area contributed by atoms with Crippen LogP contribution in [0.5, 0.6) is 0 Å². The molecule has 0 rings (SSSR count). The fourth-order valence-corrected chi connectivity index (χ4v) is 0. The van der Waals surface area contributed by atoms with E-state index < -0.39 is 0 Å². The summed E-state index contributed by atoms with van der Waals surface area (Å²) in [5.74, 6) is 0. The van der Waals surface area contributed by atoms with Crippen LogP contribution in [0.4, 0.5) is 0 Å². The van der Waals surface area contributed by atoms with E-state index in [0.717, 1.165) is 13.1 Å². The maximum atomic E-state index is 4.67. The van der Waals surface area contributed by atoms with Gasteiger partial charge < -0.3 is 0 Å². The van der Waals surface area contributed by atoms with Crippen molar-refractivity contribution in [1.82, 2.24) is 0 Å². The fraction of sp³-hybridized carbons (Fsp3) is 0. The second-order valence-corrected chi connectivity index (χ2v) is 1.60. The van der Waals surface area contributed by atoms with Crippen LogP contribution in [0, 0.1) is 0 Å². The first-order valence-corrected chi connectivity index (χ1v) is 2.82. The summed E-state index contributed by atoms with van der Waals surface area (Å²) >= 11 is 0.757. The molecule has 0 atom stereocenters. The molecule has 0 aliphatic carbocycles. The van der Waals surface area contributed by atoms with E-state index in [1.54, 1.807) is 0 Å². The molecule has 0 spiro atoms. The average Bonchev–Trinajstić information content (AvgIpc) is 0.918. The Morgan fingerprint density at radius 2 is 1.25 bits per heavy atom.